The number of carbonyl (C=O) groups is 2. The van der Waals surface area contributed by atoms with E-state index in [1.165, 1.54) is 6.92 Å². The smallest absolute Gasteiger partial charge is 0.449 e. The summed E-state index contributed by atoms with van der Waals surface area (Å²) in [5.41, 5.74) is -1.02. The third-order valence-electron chi connectivity index (χ3n) is 3.14. The summed E-state index contributed by atoms with van der Waals surface area (Å²) in [6.07, 6.45) is -6.12. The highest BCUT2D eigenvalue weighted by atomic mass is 19.4. The van der Waals surface area contributed by atoms with Gasteiger partial charge in [-0.15, -0.1) is 0 Å². The zero-order valence-electron chi connectivity index (χ0n) is 10.2. The summed E-state index contributed by atoms with van der Waals surface area (Å²) in [4.78, 5) is 26.0. The lowest BCUT2D eigenvalue weighted by atomic mass is 10.1. The standard InChI is InChI=1S/C10H10F3N3O4/c1-4-6-5(7(17)18)14-8(10(11,12)13)16(6)3-2-15(4)9(19)20/h4H,2-3H2,1H3,(H,17,18)(H,19,20). The third kappa shape index (κ3) is 2.06. The van der Waals surface area contributed by atoms with Crippen LogP contribution < -0.4 is 0 Å². The monoisotopic (exact) mass is 293 g/mol. The van der Waals surface area contributed by atoms with Crippen molar-refractivity contribution in [3.63, 3.8) is 0 Å². The molecule has 10 heteroatoms. The van der Waals surface area contributed by atoms with Gasteiger partial charge in [-0.3, -0.25) is 4.90 Å². The van der Waals surface area contributed by atoms with Crippen LogP contribution in [0.2, 0.25) is 0 Å². The molecule has 0 spiro atoms. The van der Waals surface area contributed by atoms with E-state index in [9.17, 15) is 22.8 Å². The van der Waals surface area contributed by atoms with Gasteiger partial charge >= 0.3 is 18.2 Å². The molecule has 1 aliphatic rings. The summed E-state index contributed by atoms with van der Waals surface area (Å²) in [5.74, 6) is -2.94. The molecule has 0 radical (unpaired) electrons. The molecule has 1 aromatic rings. The molecule has 0 bridgehead atoms. The molecule has 0 saturated heterocycles. The molecule has 7 nitrogen and oxygen atoms in total. The molecular weight excluding hydrogens is 283 g/mol. The Morgan fingerprint density at radius 2 is 1.90 bits per heavy atom. The quantitative estimate of drug-likeness (QED) is 0.821. The van der Waals surface area contributed by atoms with Crippen LogP contribution in [0.5, 0.6) is 0 Å². The molecule has 1 aromatic heterocycles. The van der Waals surface area contributed by atoms with Gasteiger partial charge in [0, 0.05) is 13.1 Å². The zero-order valence-corrected chi connectivity index (χ0v) is 10.2. The normalized spacial score (nSPS) is 18.8. The van der Waals surface area contributed by atoms with Gasteiger partial charge in [-0.25, -0.2) is 14.6 Å². The van der Waals surface area contributed by atoms with Crippen molar-refractivity contribution < 1.29 is 33.0 Å². The molecule has 1 atom stereocenters. The van der Waals surface area contributed by atoms with Crippen LogP contribution in [-0.2, 0) is 12.7 Å². The largest absolute Gasteiger partial charge is 0.476 e. The molecule has 2 N–H and O–H groups in total. The van der Waals surface area contributed by atoms with Gasteiger partial charge in [0.2, 0.25) is 5.82 Å². The van der Waals surface area contributed by atoms with Crippen molar-refractivity contribution in [2.24, 2.45) is 0 Å². The van der Waals surface area contributed by atoms with Gasteiger partial charge in [0.15, 0.2) is 5.69 Å². The number of carboxylic acids is 1. The maximum absolute atomic E-state index is 12.8. The molecule has 1 amide bonds. The molecule has 0 saturated carbocycles. The van der Waals surface area contributed by atoms with E-state index in [-0.39, 0.29) is 18.8 Å². The number of halogens is 3. The Kier molecular flexibility index (Phi) is 3.11. The lowest BCUT2D eigenvalue weighted by Crippen LogP contribution is -2.41. The van der Waals surface area contributed by atoms with Crippen LogP contribution >= 0.6 is 0 Å². The average molecular weight is 293 g/mol. The minimum Gasteiger partial charge on any atom is -0.476 e. The predicted molar refractivity (Wildman–Crippen MR) is 57.3 cm³/mol. The van der Waals surface area contributed by atoms with Crippen molar-refractivity contribution in [2.45, 2.75) is 25.7 Å². The summed E-state index contributed by atoms with van der Waals surface area (Å²) in [6, 6.07) is -1.02. The number of aromatic carboxylic acids is 1. The van der Waals surface area contributed by atoms with Gasteiger partial charge in [-0.1, -0.05) is 0 Å². The molecule has 0 aromatic carbocycles. The molecule has 1 unspecified atom stereocenters. The Bertz CT molecular complexity index is 581. The van der Waals surface area contributed by atoms with Gasteiger partial charge < -0.3 is 14.8 Å². The molecule has 1 aliphatic heterocycles. The summed E-state index contributed by atoms with van der Waals surface area (Å²) < 4.78 is 39.2. The Morgan fingerprint density at radius 1 is 1.30 bits per heavy atom. The fraction of sp³-hybridized carbons (Fsp3) is 0.500. The van der Waals surface area contributed by atoms with Crippen molar-refractivity contribution in [1.29, 1.82) is 0 Å². The van der Waals surface area contributed by atoms with Gasteiger partial charge in [-0.05, 0) is 6.92 Å². The van der Waals surface area contributed by atoms with Gasteiger partial charge in [0.25, 0.3) is 0 Å². The molecule has 20 heavy (non-hydrogen) atoms. The van der Waals surface area contributed by atoms with Crippen LogP contribution in [0.15, 0.2) is 0 Å². The second-order valence-corrected chi connectivity index (χ2v) is 4.28. The van der Waals surface area contributed by atoms with Crippen LogP contribution in [0, 0.1) is 0 Å². The lowest BCUT2D eigenvalue weighted by molar-refractivity contribution is -0.147. The van der Waals surface area contributed by atoms with Crippen LogP contribution in [-0.4, -0.2) is 43.3 Å². The first kappa shape index (κ1) is 14.2. The number of rotatable bonds is 1. The fourth-order valence-corrected chi connectivity index (χ4v) is 2.30. The number of fused-ring (bicyclic) bond motifs is 1. The average Bonchev–Trinajstić information content (AvgIpc) is 2.68. The summed E-state index contributed by atoms with van der Waals surface area (Å²) in [5, 5.41) is 17.9. The zero-order chi connectivity index (χ0) is 15.2. The van der Waals surface area contributed by atoms with E-state index in [1.807, 2.05) is 0 Å². The third-order valence-corrected chi connectivity index (χ3v) is 3.14. The summed E-state index contributed by atoms with van der Waals surface area (Å²) in [7, 11) is 0. The molecule has 2 heterocycles. The Morgan fingerprint density at radius 3 is 2.35 bits per heavy atom. The van der Waals surface area contributed by atoms with Crippen LogP contribution in [0.25, 0.3) is 0 Å². The van der Waals surface area contributed by atoms with Crippen molar-refractivity contribution in [3.05, 3.63) is 17.2 Å². The van der Waals surface area contributed by atoms with E-state index < -0.39 is 35.8 Å². The second-order valence-electron chi connectivity index (χ2n) is 4.28. The van der Waals surface area contributed by atoms with E-state index >= 15 is 0 Å². The minimum absolute atomic E-state index is 0.165. The minimum atomic E-state index is -4.80. The number of hydrogen-bond acceptors (Lipinski definition) is 3. The van der Waals surface area contributed by atoms with E-state index in [2.05, 4.69) is 4.98 Å². The molecular formula is C10H10F3N3O4. The van der Waals surface area contributed by atoms with Gasteiger partial charge in [0.1, 0.15) is 0 Å². The Labute approximate surface area is 110 Å². The van der Waals surface area contributed by atoms with Gasteiger partial charge in [-0.2, -0.15) is 13.2 Å². The Balaban J connectivity index is 2.63. The maximum Gasteiger partial charge on any atom is 0.449 e. The first-order valence-electron chi connectivity index (χ1n) is 5.55. The Hall–Kier alpha value is -2.26. The number of carboxylic acid groups (broad SMARTS) is 2. The lowest BCUT2D eigenvalue weighted by Gasteiger charge is -2.33. The highest BCUT2D eigenvalue weighted by Crippen LogP contribution is 2.36. The van der Waals surface area contributed by atoms with Crippen LogP contribution in [0.4, 0.5) is 18.0 Å². The van der Waals surface area contributed by atoms with Crippen molar-refractivity contribution >= 4 is 12.1 Å². The number of hydrogen-bond donors (Lipinski definition) is 2. The van der Waals surface area contributed by atoms with E-state index in [0.29, 0.717) is 0 Å². The van der Waals surface area contributed by atoms with E-state index in [4.69, 9.17) is 10.2 Å². The highest BCUT2D eigenvalue weighted by molar-refractivity contribution is 5.87. The van der Waals surface area contributed by atoms with Crippen molar-refractivity contribution in [2.75, 3.05) is 6.54 Å². The number of aromatic nitrogens is 2. The first-order chi connectivity index (χ1) is 9.14. The molecule has 0 aliphatic carbocycles. The number of alkyl halides is 3. The van der Waals surface area contributed by atoms with Crippen molar-refractivity contribution in [1.82, 2.24) is 14.5 Å². The fourth-order valence-electron chi connectivity index (χ4n) is 2.30. The first-order valence-corrected chi connectivity index (χ1v) is 5.55. The highest BCUT2D eigenvalue weighted by Gasteiger charge is 2.43. The van der Waals surface area contributed by atoms with Crippen LogP contribution in [0.3, 0.4) is 0 Å². The van der Waals surface area contributed by atoms with E-state index in [1.54, 1.807) is 0 Å². The van der Waals surface area contributed by atoms with E-state index in [0.717, 1.165) is 9.47 Å². The summed E-state index contributed by atoms with van der Waals surface area (Å²) in [6.45, 7) is 0.872. The topological polar surface area (TPSA) is 95.7 Å². The second kappa shape index (κ2) is 4.39. The predicted octanol–water partition coefficient (Wildman–Crippen LogP) is 1.65. The number of amides is 1. The number of imidazole rings is 1. The van der Waals surface area contributed by atoms with Crippen LogP contribution in [0.1, 0.15) is 35.0 Å². The molecule has 0 fully saturated rings. The maximum atomic E-state index is 12.8. The molecule has 2 rings (SSSR count). The molecule has 110 valence electrons. The van der Waals surface area contributed by atoms with Crippen molar-refractivity contribution in [3.8, 4) is 0 Å². The number of nitrogens with zero attached hydrogens (tertiary/aromatic N) is 3. The van der Waals surface area contributed by atoms with Gasteiger partial charge in [0.05, 0.1) is 11.7 Å². The summed E-state index contributed by atoms with van der Waals surface area (Å²) >= 11 is 0. The SMILES string of the molecule is CC1c2c(C(=O)O)nc(C(F)(F)F)n2CCN1C(=O)O.